The molecular formula is C21H23NO3. The minimum atomic E-state index is -0.248. The number of carbonyl (C=O) groups excluding carboxylic acids is 1. The summed E-state index contributed by atoms with van der Waals surface area (Å²) in [5, 5.41) is 0. The molecule has 4 heteroatoms. The van der Waals surface area contributed by atoms with Crippen LogP contribution in [-0.2, 0) is 17.7 Å². The number of carbonyl (C=O) groups is 1. The molecule has 4 nitrogen and oxygen atoms in total. The highest BCUT2D eigenvalue weighted by Gasteiger charge is 2.14. The highest BCUT2D eigenvalue weighted by atomic mass is 16.6. The Labute approximate surface area is 149 Å². The Morgan fingerprint density at radius 2 is 1.68 bits per heavy atom. The molecule has 0 aromatic heterocycles. The first kappa shape index (κ1) is 18.6. The van der Waals surface area contributed by atoms with Crippen molar-refractivity contribution < 1.29 is 14.4 Å². The molecule has 0 aliphatic heterocycles. The summed E-state index contributed by atoms with van der Waals surface area (Å²) in [7, 11) is 3.06. The largest absolute Gasteiger partial charge is 0.497 e. The smallest absolute Gasteiger partial charge is 0.275 e. The Bertz CT molecular complexity index is 798. The average Bonchev–Trinajstić information content (AvgIpc) is 2.66. The first-order valence-electron chi connectivity index (χ1n) is 8.28. The summed E-state index contributed by atoms with van der Waals surface area (Å²) < 4.78 is 5.15. The topological polar surface area (TPSA) is 47.6 Å². The molecule has 130 valence electrons. The van der Waals surface area contributed by atoms with E-state index in [9.17, 15) is 4.79 Å². The van der Waals surface area contributed by atoms with Crippen LogP contribution >= 0.6 is 0 Å². The number of benzene rings is 2. The maximum atomic E-state index is 12.3. The second-order valence-electron chi connectivity index (χ2n) is 5.48. The van der Waals surface area contributed by atoms with Crippen LogP contribution in [0.2, 0.25) is 0 Å². The molecule has 0 radical (unpaired) electrons. The van der Waals surface area contributed by atoms with E-state index in [0.717, 1.165) is 40.8 Å². The van der Waals surface area contributed by atoms with Gasteiger partial charge in [-0.1, -0.05) is 25.7 Å². The van der Waals surface area contributed by atoms with Gasteiger partial charge in [0.05, 0.1) is 14.2 Å². The van der Waals surface area contributed by atoms with E-state index in [1.165, 1.54) is 7.11 Å². The minimum Gasteiger partial charge on any atom is -0.497 e. The second kappa shape index (κ2) is 8.91. The molecule has 0 aliphatic rings. The van der Waals surface area contributed by atoms with E-state index in [0.29, 0.717) is 5.56 Å². The summed E-state index contributed by atoms with van der Waals surface area (Å²) in [5.74, 6) is 6.83. The Morgan fingerprint density at radius 1 is 1.00 bits per heavy atom. The third kappa shape index (κ3) is 4.62. The van der Waals surface area contributed by atoms with Crippen LogP contribution in [0.5, 0.6) is 5.75 Å². The maximum absolute atomic E-state index is 12.3. The molecule has 0 fully saturated rings. The monoisotopic (exact) mass is 337 g/mol. The third-order valence-corrected chi connectivity index (χ3v) is 3.96. The maximum Gasteiger partial charge on any atom is 0.275 e. The van der Waals surface area contributed by atoms with Gasteiger partial charge in [-0.05, 0) is 60.4 Å². The molecule has 1 amide bonds. The van der Waals surface area contributed by atoms with E-state index in [-0.39, 0.29) is 5.91 Å². The van der Waals surface area contributed by atoms with Crippen LogP contribution in [0.3, 0.4) is 0 Å². The predicted molar refractivity (Wildman–Crippen MR) is 98.6 cm³/mol. The van der Waals surface area contributed by atoms with E-state index < -0.39 is 0 Å². The SMILES string of the molecule is CCc1cc(C#Cc2ccc(OC)cc2)cc(C(=O)NOC)c1CC. The van der Waals surface area contributed by atoms with Gasteiger partial charge in [0, 0.05) is 16.7 Å². The summed E-state index contributed by atoms with van der Waals surface area (Å²) in [6.45, 7) is 4.12. The Balaban J connectivity index is 2.42. The number of ether oxygens (including phenoxy) is 1. The van der Waals surface area contributed by atoms with Crippen LogP contribution in [0.4, 0.5) is 0 Å². The van der Waals surface area contributed by atoms with Crippen LogP contribution in [0.15, 0.2) is 36.4 Å². The molecule has 0 aliphatic carbocycles. The van der Waals surface area contributed by atoms with Gasteiger partial charge in [0.2, 0.25) is 0 Å². The van der Waals surface area contributed by atoms with Crippen molar-refractivity contribution in [2.45, 2.75) is 26.7 Å². The zero-order chi connectivity index (χ0) is 18.2. The highest BCUT2D eigenvalue weighted by Crippen LogP contribution is 2.20. The molecule has 0 bridgehead atoms. The Hall–Kier alpha value is -2.77. The van der Waals surface area contributed by atoms with Crippen molar-refractivity contribution in [1.82, 2.24) is 5.48 Å². The average molecular weight is 337 g/mol. The molecule has 0 saturated carbocycles. The molecule has 2 aromatic rings. The number of nitrogens with one attached hydrogen (secondary N) is 1. The van der Waals surface area contributed by atoms with E-state index >= 15 is 0 Å². The quantitative estimate of drug-likeness (QED) is 0.671. The van der Waals surface area contributed by atoms with Crippen LogP contribution in [0.25, 0.3) is 0 Å². The molecule has 0 atom stereocenters. The molecule has 0 heterocycles. The van der Waals surface area contributed by atoms with Crippen molar-refractivity contribution in [2.24, 2.45) is 0 Å². The van der Waals surface area contributed by atoms with E-state index in [4.69, 9.17) is 9.57 Å². The number of hydroxylamine groups is 1. The fraction of sp³-hybridized carbons (Fsp3) is 0.286. The molecule has 0 saturated heterocycles. The van der Waals surface area contributed by atoms with Crippen molar-refractivity contribution in [3.8, 4) is 17.6 Å². The molecule has 2 rings (SSSR count). The van der Waals surface area contributed by atoms with Crippen molar-refractivity contribution >= 4 is 5.91 Å². The standard InChI is InChI=1S/C21H23NO3/c1-5-17-13-16(8-7-15-9-11-18(24-3)12-10-15)14-20(19(17)6-2)21(23)22-25-4/h9-14H,5-6H2,1-4H3,(H,22,23). The molecular weight excluding hydrogens is 314 g/mol. The number of aryl methyl sites for hydroxylation is 1. The summed E-state index contributed by atoms with van der Waals surface area (Å²) in [4.78, 5) is 17.1. The molecule has 25 heavy (non-hydrogen) atoms. The zero-order valence-electron chi connectivity index (χ0n) is 15.1. The summed E-state index contributed by atoms with van der Waals surface area (Å²) in [6.07, 6.45) is 1.62. The first-order chi connectivity index (χ1) is 12.1. The number of amides is 1. The normalized spacial score (nSPS) is 9.92. The predicted octanol–water partition coefficient (Wildman–Crippen LogP) is 3.51. The van der Waals surface area contributed by atoms with Gasteiger partial charge < -0.3 is 4.74 Å². The fourth-order valence-electron chi connectivity index (χ4n) is 2.71. The first-order valence-corrected chi connectivity index (χ1v) is 8.28. The van der Waals surface area contributed by atoms with Crippen LogP contribution in [0, 0.1) is 11.8 Å². The van der Waals surface area contributed by atoms with Gasteiger partial charge in [0.25, 0.3) is 5.91 Å². The summed E-state index contributed by atoms with van der Waals surface area (Å²) in [5.41, 5.74) is 6.88. The lowest BCUT2D eigenvalue weighted by Crippen LogP contribution is -2.23. The zero-order valence-corrected chi connectivity index (χ0v) is 15.1. The Kier molecular flexibility index (Phi) is 6.62. The van der Waals surface area contributed by atoms with Gasteiger partial charge >= 0.3 is 0 Å². The van der Waals surface area contributed by atoms with Crippen molar-refractivity contribution in [2.75, 3.05) is 14.2 Å². The van der Waals surface area contributed by atoms with E-state index in [1.54, 1.807) is 7.11 Å². The van der Waals surface area contributed by atoms with Crippen molar-refractivity contribution in [3.63, 3.8) is 0 Å². The molecule has 2 aromatic carbocycles. The van der Waals surface area contributed by atoms with Gasteiger partial charge in [-0.2, -0.15) is 0 Å². The third-order valence-electron chi connectivity index (χ3n) is 3.96. The number of methoxy groups -OCH3 is 1. The lowest BCUT2D eigenvalue weighted by Gasteiger charge is -2.13. The second-order valence-corrected chi connectivity index (χ2v) is 5.48. The highest BCUT2D eigenvalue weighted by molar-refractivity contribution is 5.95. The molecule has 0 spiro atoms. The summed E-state index contributed by atoms with van der Waals surface area (Å²) >= 11 is 0. The Morgan fingerprint density at radius 3 is 2.24 bits per heavy atom. The van der Waals surface area contributed by atoms with E-state index in [1.807, 2.05) is 37.3 Å². The number of hydrogen-bond donors (Lipinski definition) is 1. The minimum absolute atomic E-state index is 0.248. The van der Waals surface area contributed by atoms with Crippen LogP contribution in [-0.4, -0.2) is 20.1 Å². The lowest BCUT2D eigenvalue weighted by atomic mass is 9.94. The molecule has 1 N–H and O–H groups in total. The van der Waals surface area contributed by atoms with E-state index in [2.05, 4.69) is 30.3 Å². The van der Waals surface area contributed by atoms with Gasteiger partial charge in [-0.25, -0.2) is 5.48 Å². The fourth-order valence-corrected chi connectivity index (χ4v) is 2.71. The number of rotatable bonds is 5. The van der Waals surface area contributed by atoms with Gasteiger partial charge in [0.15, 0.2) is 0 Å². The van der Waals surface area contributed by atoms with Crippen molar-refractivity contribution in [1.29, 1.82) is 0 Å². The van der Waals surface area contributed by atoms with Gasteiger partial charge in [-0.3, -0.25) is 9.63 Å². The summed E-state index contributed by atoms with van der Waals surface area (Å²) in [6, 6.07) is 11.4. The van der Waals surface area contributed by atoms with Crippen LogP contribution < -0.4 is 10.2 Å². The van der Waals surface area contributed by atoms with Gasteiger partial charge in [-0.15, -0.1) is 0 Å². The van der Waals surface area contributed by atoms with Gasteiger partial charge in [0.1, 0.15) is 5.75 Å². The number of hydrogen-bond acceptors (Lipinski definition) is 3. The van der Waals surface area contributed by atoms with Crippen LogP contribution in [0.1, 0.15) is 46.5 Å². The lowest BCUT2D eigenvalue weighted by molar-refractivity contribution is 0.0536. The van der Waals surface area contributed by atoms with Crippen molar-refractivity contribution in [3.05, 3.63) is 64.2 Å². The molecule has 0 unspecified atom stereocenters.